The molecule has 1 aromatic carbocycles. The number of nitrogens with one attached hydrogen (secondary N) is 1. The average Bonchev–Trinajstić information content (AvgIpc) is 2.27. The van der Waals surface area contributed by atoms with Gasteiger partial charge in [-0.25, -0.2) is 0 Å². The molecule has 19 heavy (non-hydrogen) atoms. The van der Waals surface area contributed by atoms with Crippen molar-refractivity contribution in [2.45, 2.75) is 26.2 Å². The molecule has 0 saturated heterocycles. The molecular formula is C14H18ClNO3. The lowest BCUT2D eigenvalue weighted by Gasteiger charge is -2.09. The maximum Gasteiger partial charge on any atom is 0.303 e. The van der Waals surface area contributed by atoms with E-state index in [1.165, 1.54) is 0 Å². The van der Waals surface area contributed by atoms with Crippen molar-refractivity contribution in [2.75, 3.05) is 6.54 Å². The first kappa shape index (κ1) is 15.5. The molecule has 2 N–H and O–H groups in total. The van der Waals surface area contributed by atoms with Crippen LogP contribution in [0.25, 0.3) is 0 Å². The molecule has 1 atom stereocenters. The first-order chi connectivity index (χ1) is 8.97. The fourth-order valence-corrected chi connectivity index (χ4v) is 2.01. The van der Waals surface area contributed by atoms with E-state index in [4.69, 9.17) is 16.7 Å². The molecule has 0 radical (unpaired) electrons. The Morgan fingerprint density at radius 1 is 1.37 bits per heavy atom. The second-order valence-electron chi connectivity index (χ2n) is 4.64. The Hall–Kier alpha value is -1.55. The van der Waals surface area contributed by atoms with Gasteiger partial charge in [0.05, 0.1) is 0 Å². The standard InChI is InChI=1S/C14H18ClNO3/c1-10(8-14(18)19)7-13(17)16-6-5-11-3-2-4-12(15)9-11/h2-4,9-10H,5-8H2,1H3,(H,16,17)(H,18,19). The van der Waals surface area contributed by atoms with E-state index in [1.807, 2.05) is 18.2 Å². The summed E-state index contributed by atoms with van der Waals surface area (Å²) in [4.78, 5) is 22.0. The predicted octanol–water partition coefficient (Wildman–Crippen LogP) is 2.50. The lowest BCUT2D eigenvalue weighted by atomic mass is 10.0. The van der Waals surface area contributed by atoms with Crippen molar-refractivity contribution >= 4 is 23.5 Å². The maximum absolute atomic E-state index is 11.6. The fourth-order valence-electron chi connectivity index (χ4n) is 1.80. The summed E-state index contributed by atoms with van der Waals surface area (Å²) in [6, 6.07) is 7.48. The van der Waals surface area contributed by atoms with Gasteiger partial charge in [0, 0.05) is 24.4 Å². The highest BCUT2D eigenvalue weighted by atomic mass is 35.5. The number of halogens is 1. The van der Waals surface area contributed by atoms with Gasteiger partial charge in [0.25, 0.3) is 0 Å². The van der Waals surface area contributed by atoms with Crippen LogP contribution >= 0.6 is 11.6 Å². The Labute approximate surface area is 117 Å². The van der Waals surface area contributed by atoms with Gasteiger partial charge in [0.2, 0.25) is 5.91 Å². The minimum atomic E-state index is -0.876. The Kier molecular flexibility index (Phi) is 6.36. The second kappa shape index (κ2) is 7.79. The van der Waals surface area contributed by atoms with Crippen molar-refractivity contribution in [1.29, 1.82) is 0 Å². The van der Waals surface area contributed by atoms with Crippen molar-refractivity contribution < 1.29 is 14.7 Å². The summed E-state index contributed by atoms with van der Waals surface area (Å²) in [6.45, 7) is 2.28. The van der Waals surface area contributed by atoms with Crippen LogP contribution in [0.3, 0.4) is 0 Å². The molecule has 0 fully saturated rings. The molecule has 0 aliphatic carbocycles. The highest BCUT2D eigenvalue weighted by Crippen LogP contribution is 2.11. The van der Waals surface area contributed by atoms with E-state index in [0.717, 1.165) is 5.56 Å². The summed E-state index contributed by atoms with van der Waals surface area (Å²) < 4.78 is 0. The molecule has 0 spiro atoms. The zero-order chi connectivity index (χ0) is 14.3. The zero-order valence-electron chi connectivity index (χ0n) is 10.9. The number of hydrogen-bond acceptors (Lipinski definition) is 2. The molecule has 1 rings (SSSR count). The van der Waals surface area contributed by atoms with E-state index in [-0.39, 0.29) is 24.7 Å². The molecule has 0 saturated carbocycles. The summed E-state index contributed by atoms with van der Waals surface area (Å²) in [6.07, 6.45) is 0.961. The summed E-state index contributed by atoms with van der Waals surface area (Å²) in [5, 5.41) is 12.1. The SMILES string of the molecule is CC(CC(=O)O)CC(=O)NCCc1cccc(Cl)c1. The molecule has 0 bridgehead atoms. The number of hydrogen-bond donors (Lipinski definition) is 2. The molecule has 104 valence electrons. The van der Waals surface area contributed by atoms with Crippen LogP contribution in [0.1, 0.15) is 25.3 Å². The van der Waals surface area contributed by atoms with Crippen molar-refractivity contribution in [3.63, 3.8) is 0 Å². The van der Waals surface area contributed by atoms with Crippen molar-refractivity contribution in [3.05, 3.63) is 34.9 Å². The van der Waals surface area contributed by atoms with Crippen molar-refractivity contribution in [2.24, 2.45) is 5.92 Å². The van der Waals surface area contributed by atoms with Gasteiger partial charge in [-0.05, 0) is 30.0 Å². The van der Waals surface area contributed by atoms with Crippen LogP contribution in [0.2, 0.25) is 5.02 Å². The molecular weight excluding hydrogens is 266 g/mol. The number of carboxylic acids is 1. The molecule has 0 aliphatic rings. The topological polar surface area (TPSA) is 66.4 Å². The Morgan fingerprint density at radius 2 is 2.11 bits per heavy atom. The van der Waals surface area contributed by atoms with Gasteiger partial charge < -0.3 is 10.4 Å². The van der Waals surface area contributed by atoms with Gasteiger partial charge in [-0.1, -0.05) is 30.7 Å². The first-order valence-corrected chi connectivity index (χ1v) is 6.58. The molecule has 5 heteroatoms. The van der Waals surface area contributed by atoms with Crippen molar-refractivity contribution in [1.82, 2.24) is 5.32 Å². The summed E-state index contributed by atoms with van der Waals surface area (Å²) in [5.41, 5.74) is 1.06. The third kappa shape index (κ3) is 6.82. The highest BCUT2D eigenvalue weighted by Gasteiger charge is 2.12. The third-order valence-corrected chi connectivity index (χ3v) is 2.92. The van der Waals surface area contributed by atoms with Gasteiger partial charge in [0.15, 0.2) is 0 Å². The molecule has 4 nitrogen and oxygen atoms in total. The zero-order valence-corrected chi connectivity index (χ0v) is 11.6. The monoisotopic (exact) mass is 283 g/mol. The number of amides is 1. The highest BCUT2D eigenvalue weighted by molar-refractivity contribution is 6.30. The normalized spacial score (nSPS) is 11.9. The van der Waals surface area contributed by atoms with Crippen LogP contribution in [0.5, 0.6) is 0 Å². The van der Waals surface area contributed by atoms with Crippen LogP contribution in [-0.4, -0.2) is 23.5 Å². The Bertz CT molecular complexity index is 448. The number of aliphatic carboxylic acids is 1. The fraction of sp³-hybridized carbons (Fsp3) is 0.429. The number of carbonyl (C=O) groups excluding carboxylic acids is 1. The second-order valence-corrected chi connectivity index (χ2v) is 5.07. The van der Waals surface area contributed by atoms with Gasteiger partial charge in [-0.3, -0.25) is 9.59 Å². The average molecular weight is 284 g/mol. The Morgan fingerprint density at radius 3 is 2.74 bits per heavy atom. The van der Waals surface area contributed by atoms with E-state index < -0.39 is 5.97 Å². The smallest absolute Gasteiger partial charge is 0.303 e. The van der Waals surface area contributed by atoms with Crippen LogP contribution < -0.4 is 5.32 Å². The molecule has 1 aromatic rings. The largest absolute Gasteiger partial charge is 0.481 e. The van der Waals surface area contributed by atoms with Crippen LogP contribution in [0.15, 0.2) is 24.3 Å². The maximum atomic E-state index is 11.6. The molecule has 0 aliphatic heterocycles. The quantitative estimate of drug-likeness (QED) is 0.808. The van der Waals surface area contributed by atoms with Crippen molar-refractivity contribution in [3.8, 4) is 0 Å². The predicted molar refractivity (Wildman–Crippen MR) is 74.2 cm³/mol. The number of rotatable bonds is 7. The lowest BCUT2D eigenvalue weighted by molar-refractivity contribution is -0.138. The molecule has 1 amide bonds. The van der Waals surface area contributed by atoms with Gasteiger partial charge in [0.1, 0.15) is 0 Å². The van der Waals surface area contributed by atoms with Gasteiger partial charge >= 0.3 is 5.97 Å². The van der Waals surface area contributed by atoms with Crippen LogP contribution in [0, 0.1) is 5.92 Å². The molecule has 0 aromatic heterocycles. The van der Waals surface area contributed by atoms with Crippen LogP contribution in [-0.2, 0) is 16.0 Å². The van der Waals surface area contributed by atoms with Gasteiger partial charge in [-0.2, -0.15) is 0 Å². The van der Waals surface area contributed by atoms with E-state index in [1.54, 1.807) is 13.0 Å². The molecule has 0 heterocycles. The van der Waals surface area contributed by atoms with E-state index in [2.05, 4.69) is 5.32 Å². The molecule has 1 unspecified atom stereocenters. The Balaban J connectivity index is 2.25. The van der Waals surface area contributed by atoms with E-state index >= 15 is 0 Å². The summed E-state index contributed by atoms with van der Waals surface area (Å²) >= 11 is 5.86. The van der Waals surface area contributed by atoms with Gasteiger partial charge in [-0.15, -0.1) is 0 Å². The van der Waals surface area contributed by atoms with Crippen LogP contribution in [0.4, 0.5) is 0 Å². The number of carbonyl (C=O) groups is 2. The third-order valence-electron chi connectivity index (χ3n) is 2.68. The minimum Gasteiger partial charge on any atom is -0.481 e. The van der Waals surface area contributed by atoms with E-state index in [0.29, 0.717) is 18.0 Å². The van der Waals surface area contributed by atoms with E-state index in [9.17, 15) is 9.59 Å². The minimum absolute atomic E-state index is 0.0156. The number of benzene rings is 1. The lowest BCUT2D eigenvalue weighted by Crippen LogP contribution is -2.27. The summed E-state index contributed by atoms with van der Waals surface area (Å²) in [7, 11) is 0. The summed E-state index contributed by atoms with van der Waals surface area (Å²) in [5.74, 6) is -1.14. The number of carboxylic acid groups (broad SMARTS) is 1. The first-order valence-electron chi connectivity index (χ1n) is 6.20.